The second kappa shape index (κ2) is 5.72. The number of rotatable bonds is 4. The van der Waals surface area contributed by atoms with Gasteiger partial charge in [0.2, 0.25) is 0 Å². The molecule has 86 valence electrons. The summed E-state index contributed by atoms with van der Waals surface area (Å²) in [5.74, 6) is 0. The number of thioether (sulfide) groups is 1. The van der Waals surface area contributed by atoms with E-state index in [-0.39, 0.29) is 0 Å². The Hall–Kier alpha value is -1.49. The molecular weight excluding hydrogens is 248 g/mol. The van der Waals surface area contributed by atoms with Crippen molar-refractivity contribution in [3.63, 3.8) is 0 Å². The summed E-state index contributed by atoms with van der Waals surface area (Å²) in [6, 6.07) is 7.97. The fourth-order valence-corrected chi connectivity index (χ4v) is 2.76. The van der Waals surface area contributed by atoms with E-state index in [1.165, 1.54) is 23.1 Å². The number of allylic oxidation sites excluding steroid dienone is 2. The minimum atomic E-state index is -1.26. The van der Waals surface area contributed by atoms with Gasteiger partial charge in [0.05, 0.1) is 12.1 Å². The first kappa shape index (κ1) is 13.6. The number of thiophene rings is 1. The summed E-state index contributed by atoms with van der Waals surface area (Å²) >= 11 is 2.97. The van der Waals surface area contributed by atoms with Gasteiger partial charge in [-0.05, 0) is 35.6 Å². The summed E-state index contributed by atoms with van der Waals surface area (Å²) in [6.45, 7) is 5.72. The molecule has 1 aromatic rings. The maximum atomic E-state index is 9.36. The Morgan fingerprint density at radius 2 is 2.18 bits per heavy atom. The lowest BCUT2D eigenvalue weighted by molar-refractivity contribution is 0.820. The van der Waals surface area contributed by atoms with Gasteiger partial charge in [0, 0.05) is 10.5 Å². The summed E-state index contributed by atoms with van der Waals surface area (Å²) in [5.41, 5.74) is 0.0159. The Balaban J connectivity index is 3.29. The fourth-order valence-electron chi connectivity index (χ4n) is 1.47. The van der Waals surface area contributed by atoms with Crippen LogP contribution >= 0.6 is 23.1 Å². The molecule has 1 heterocycles. The maximum absolute atomic E-state index is 9.36. The van der Waals surface area contributed by atoms with Gasteiger partial charge in [0.15, 0.2) is 5.41 Å². The molecule has 1 rings (SSSR count). The van der Waals surface area contributed by atoms with Gasteiger partial charge >= 0.3 is 0 Å². The van der Waals surface area contributed by atoms with E-state index < -0.39 is 5.41 Å². The largest absolute Gasteiger partial charge is 0.196 e. The van der Waals surface area contributed by atoms with Crippen molar-refractivity contribution in [2.24, 2.45) is 5.41 Å². The molecule has 17 heavy (non-hydrogen) atoms. The number of nitriles is 2. The SMILES string of the molecule is C=C(c1cccs1)C(C#N)(C#N)C(C)=CSC. The Morgan fingerprint density at radius 1 is 1.53 bits per heavy atom. The van der Waals surface area contributed by atoms with Gasteiger partial charge in [-0.2, -0.15) is 10.5 Å². The zero-order valence-corrected chi connectivity index (χ0v) is 11.4. The Morgan fingerprint density at radius 3 is 2.59 bits per heavy atom. The molecular formula is C13H12N2S2. The van der Waals surface area contributed by atoms with Crippen LogP contribution in [0.15, 0.2) is 35.1 Å². The Kier molecular flexibility index (Phi) is 4.57. The van der Waals surface area contributed by atoms with Crippen LogP contribution in [0.25, 0.3) is 5.57 Å². The molecule has 1 aromatic heterocycles. The smallest absolute Gasteiger partial charge is 0.190 e. The van der Waals surface area contributed by atoms with Crippen LogP contribution in [0.5, 0.6) is 0 Å². The highest BCUT2D eigenvalue weighted by Gasteiger charge is 2.36. The molecule has 0 saturated carbocycles. The molecule has 0 radical (unpaired) electrons. The van der Waals surface area contributed by atoms with Crippen molar-refractivity contribution in [2.75, 3.05) is 6.26 Å². The molecule has 0 N–H and O–H groups in total. The van der Waals surface area contributed by atoms with Crippen molar-refractivity contribution in [1.29, 1.82) is 10.5 Å². The van der Waals surface area contributed by atoms with Crippen LogP contribution in [0.4, 0.5) is 0 Å². The predicted octanol–water partition coefficient (Wildman–Crippen LogP) is 4.06. The van der Waals surface area contributed by atoms with Gasteiger partial charge in [-0.1, -0.05) is 12.6 Å². The van der Waals surface area contributed by atoms with Crippen molar-refractivity contribution in [3.8, 4) is 12.1 Å². The predicted molar refractivity (Wildman–Crippen MR) is 74.3 cm³/mol. The third kappa shape index (κ3) is 2.44. The van der Waals surface area contributed by atoms with Gasteiger partial charge < -0.3 is 0 Å². The third-order valence-corrected chi connectivity index (χ3v) is 4.01. The van der Waals surface area contributed by atoms with Crippen LogP contribution < -0.4 is 0 Å². The molecule has 4 heteroatoms. The van der Waals surface area contributed by atoms with Gasteiger partial charge in [-0.15, -0.1) is 23.1 Å². The second-order valence-corrected chi connectivity index (χ2v) is 5.12. The average Bonchev–Trinajstić information content (AvgIpc) is 2.85. The van der Waals surface area contributed by atoms with E-state index in [9.17, 15) is 10.5 Å². The van der Waals surface area contributed by atoms with Crippen molar-refractivity contribution in [3.05, 3.63) is 40.0 Å². The summed E-state index contributed by atoms with van der Waals surface area (Å²) in [4.78, 5) is 0.877. The van der Waals surface area contributed by atoms with E-state index in [0.29, 0.717) is 11.1 Å². The molecule has 0 amide bonds. The molecule has 0 aliphatic rings. The monoisotopic (exact) mass is 260 g/mol. The quantitative estimate of drug-likeness (QED) is 0.820. The van der Waals surface area contributed by atoms with E-state index >= 15 is 0 Å². The van der Waals surface area contributed by atoms with Crippen LogP contribution in [-0.2, 0) is 0 Å². The van der Waals surface area contributed by atoms with Crippen molar-refractivity contribution in [1.82, 2.24) is 0 Å². The van der Waals surface area contributed by atoms with Crippen LogP contribution in [0.1, 0.15) is 11.8 Å². The van der Waals surface area contributed by atoms with Crippen molar-refractivity contribution < 1.29 is 0 Å². The summed E-state index contributed by atoms with van der Waals surface area (Å²) in [7, 11) is 0. The van der Waals surface area contributed by atoms with Crippen molar-refractivity contribution >= 4 is 28.7 Å². The van der Waals surface area contributed by atoms with E-state index in [1.807, 2.05) is 29.2 Å². The van der Waals surface area contributed by atoms with Crippen LogP contribution in [0, 0.1) is 28.1 Å². The normalized spacial score (nSPS) is 11.6. The van der Waals surface area contributed by atoms with E-state index in [4.69, 9.17) is 0 Å². The topological polar surface area (TPSA) is 47.6 Å². The zero-order chi connectivity index (χ0) is 12.9. The molecule has 0 aliphatic heterocycles. The lowest BCUT2D eigenvalue weighted by Gasteiger charge is -2.21. The highest BCUT2D eigenvalue weighted by molar-refractivity contribution is 8.01. The number of nitrogens with zero attached hydrogens (tertiary/aromatic N) is 2. The standard InChI is InChI=1S/C13H12N2S2/c1-10(7-16-3)13(8-14,9-15)11(2)12-5-4-6-17-12/h4-7H,2H2,1,3H3. The molecule has 0 spiro atoms. The molecule has 0 fully saturated rings. The summed E-state index contributed by atoms with van der Waals surface area (Å²) in [6.07, 6.45) is 1.90. The first-order valence-corrected chi connectivity index (χ1v) is 7.05. The number of hydrogen-bond acceptors (Lipinski definition) is 4. The molecule has 0 bridgehead atoms. The Labute approximate surface area is 110 Å². The highest BCUT2D eigenvalue weighted by Crippen LogP contribution is 2.41. The maximum Gasteiger partial charge on any atom is 0.190 e. The molecule has 0 saturated heterocycles. The Bertz CT molecular complexity index is 499. The summed E-state index contributed by atoms with van der Waals surface area (Å²) < 4.78 is 0. The molecule has 0 unspecified atom stereocenters. The number of hydrogen-bond donors (Lipinski definition) is 0. The molecule has 0 atom stereocenters. The van der Waals surface area contributed by atoms with Gasteiger partial charge in [-0.25, -0.2) is 0 Å². The third-order valence-electron chi connectivity index (χ3n) is 2.49. The second-order valence-electron chi connectivity index (χ2n) is 3.47. The van der Waals surface area contributed by atoms with Crippen LogP contribution in [0.3, 0.4) is 0 Å². The first-order valence-electron chi connectivity index (χ1n) is 4.88. The van der Waals surface area contributed by atoms with E-state index in [0.717, 1.165) is 4.88 Å². The van der Waals surface area contributed by atoms with Crippen LogP contribution in [-0.4, -0.2) is 6.26 Å². The lowest BCUT2D eigenvalue weighted by atomic mass is 9.77. The van der Waals surface area contributed by atoms with E-state index in [1.54, 1.807) is 6.92 Å². The minimum absolute atomic E-state index is 0.556. The lowest BCUT2D eigenvalue weighted by Crippen LogP contribution is -2.19. The summed E-state index contributed by atoms with van der Waals surface area (Å²) in [5, 5.41) is 22.5. The van der Waals surface area contributed by atoms with Gasteiger partial charge in [-0.3, -0.25) is 0 Å². The van der Waals surface area contributed by atoms with Crippen LogP contribution in [0.2, 0.25) is 0 Å². The molecule has 2 nitrogen and oxygen atoms in total. The molecule has 0 aliphatic carbocycles. The van der Waals surface area contributed by atoms with E-state index in [2.05, 4.69) is 18.7 Å². The highest BCUT2D eigenvalue weighted by atomic mass is 32.2. The first-order chi connectivity index (χ1) is 8.12. The van der Waals surface area contributed by atoms with Gasteiger partial charge in [0.25, 0.3) is 0 Å². The minimum Gasteiger partial charge on any atom is -0.196 e. The zero-order valence-electron chi connectivity index (χ0n) is 9.73. The molecule has 0 aromatic carbocycles. The average molecular weight is 260 g/mol. The van der Waals surface area contributed by atoms with Gasteiger partial charge in [0.1, 0.15) is 0 Å². The fraction of sp³-hybridized carbons (Fsp3) is 0.231. The van der Waals surface area contributed by atoms with Crippen molar-refractivity contribution in [2.45, 2.75) is 6.92 Å².